The zero-order valence-corrected chi connectivity index (χ0v) is 7.28. The summed E-state index contributed by atoms with van der Waals surface area (Å²) >= 11 is 0. The fraction of sp³-hybridized carbons (Fsp3) is 0.222. The van der Waals surface area contributed by atoms with Crippen molar-refractivity contribution in [2.75, 3.05) is 5.32 Å². The van der Waals surface area contributed by atoms with Crippen LogP contribution in [-0.2, 0) is 11.2 Å². The summed E-state index contributed by atoms with van der Waals surface area (Å²) < 4.78 is 0. The molecule has 4 nitrogen and oxygen atoms in total. The van der Waals surface area contributed by atoms with Gasteiger partial charge in [-0.15, -0.1) is 4.91 Å². The first-order chi connectivity index (χ1) is 6.31. The first-order valence-electron chi connectivity index (χ1n) is 3.98. The number of nitrogens with one attached hydrogen (secondary N) is 1. The summed E-state index contributed by atoms with van der Waals surface area (Å²) in [5, 5.41) is 5.33. The van der Waals surface area contributed by atoms with E-state index in [1.54, 1.807) is 18.2 Å². The Balaban J connectivity index is 3.04. The number of aryl methyl sites for hydroxylation is 1. The Bertz CT molecular complexity index is 323. The van der Waals surface area contributed by atoms with Crippen LogP contribution in [-0.4, -0.2) is 6.41 Å². The van der Waals surface area contributed by atoms with Crippen LogP contribution in [0.5, 0.6) is 0 Å². The van der Waals surface area contributed by atoms with Crippen molar-refractivity contribution in [2.24, 2.45) is 5.18 Å². The molecule has 1 N–H and O–H groups in total. The zero-order valence-electron chi connectivity index (χ0n) is 7.28. The first-order valence-corrected chi connectivity index (χ1v) is 3.98. The molecule has 0 radical (unpaired) electrons. The molecule has 0 aromatic heterocycles. The number of hydrogen-bond donors (Lipinski definition) is 1. The third kappa shape index (κ3) is 2.11. The Morgan fingerprint density at radius 1 is 1.54 bits per heavy atom. The summed E-state index contributed by atoms with van der Waals surface area (Å²) in [6.07, 6.45) is 1.32. The monoisotopic (exact) mass is 178 g/mol. The molecule has 0 unspecified atom stereocenters. The molecule has 0 bridgehead atoms. The average Bonchev–Trinajstić information content (AvgIpc) is 2.18. The SMILES string of the molecule is CCc1ccc(NC=O)cc1N=O. The maximum absolute atomic E-state index is 10.4. The minimum absolute atomic E-state index is 0.384. The zero-order chi connectivity index (χ0) is 9.68. The van der Waals surface area contributed by atoms with Gasteiger partial charge in [0.05, 0.1) is 0 Å². The summed E-state index contributed by atoms with van der Waals surface area (Å²) in [7, 11) is 0. The van der Waals surface area contributed by atoms with Crippen LogP contribution in [0.4, 0.5) is 11.4 Å². The number of anilines is 1. The van der Waals surface area contributed by atoms with Gasteiger partial charge in [0, 0.05) is 5.69 Å². The highest BCUT2D eigenvalue weighted by atomic mass is 16.3. The first kappa shape index (κ1) is 9.38. The largest absolute Gasteiger partial charge is 0.329 e. The summed E-state index contributed by atoms with van der Waals surface area (Å²) in [6, 6.07) is 5.07. The summed E-state index contributed by atoms with van der Waals surface area (Å²) in [5.74, 6) is 0. The van der Waals surface area contributed by atoms with Crippen LogP contribution in [0.3, 0.4) is 0 Å². The van der Waals surface area contributed by atoms with Crippen molar-refractivity contribution in [1.29, 1.82) is 0 Å². The number of hydrogen-bond acceptors (Lipinski definition) is 3. The van der Waals surface area contributed by atoms with Gasteiger partial charge in [0.1, 0.15) is 5.69 Å². The molecule has 1 rings (SSSR count). The van der Waals surface area contributed by atoms with Gasteiger partial charge in [-0.2, -0.15) is 0 Å². The third-order valence-electron chi connectivity index (χ3n) is 1.79. The quantitative estimate of drug-likeness (QED) is 0.567. The highest BCUT2D eigenvalue weighted by molar-refractivity contribution is 5.73. The van der Waals surface area contributed by atoms with Gasteiger partial charge in [-0.3, -0.25) is 4.79 Å². The van der Waals surface area contributed by atoms with Crippen molar-refractivity contribution in [3.8, 4) is 0 Å². The van der Waals surface area contributed by atoms with E-state index in [1.165, 1.54) is 0 Å². The van der Waals surface area contributed by atoms with E-state index in [4.69, 9.17) is 0 Å². The molecule has 0 aliphatic carbocycles. The summed E-state index contributed by atoms with van der Waals surface area (Å²) in [6.45, 7) is 1.94. The lowest BCUT2D eigenvalue weighted by molar-refractivity contribution is -0.105. The van der Waals surface area contributed by atoms with E-state index in [0.717, 1.165) is 12.0 Å². The van der Waals surface area contributed by atoms with Gasteiger partial charge in [0.15, 0.2) is 0 Å². The topological polar surface area (TPSA) is 58.5 Å². The number of nitroso groups, excluding NO2 is 1. The van der Waals surface area contributed by atoms with E-state index in [1.807, 2.05) is 6.92 Å². The normalized spacial score (nSPS) is 9.31. The van der Waals surface area contributed by atoms with Crippen LogP contribution >= 0.6 is 0 Å². The predicted octanol–water partition coefficient (Wildman–Crippen LogP) is 2.22. The molecule has 68 valence electrons. The lowest BCUT2D eigenvalue weighted by Gasteiger charge is -2.02. The van der Waals surface area contributed by atoms with Crippen LogP contribution in [0.1, 0.15) is 12.5 Å². The van der Waals surface area contributed by atoms with E-state index < -0.39 is 0 Å². The summed E-state index contributed by atoms with van der Waals surface area (Å²) in [4.78, 5) is 20.5. The van der Waals surface area contributed by atoms with Crippen LogP contribution in [0, 0.1) is 4.91 Å². The molecule has 0 saturated heterocycles. The Kier molecular flexibility index (Phi) is 3.14. The third-order valence-corrected chi connectivity index (χ3v) is 1.79. The molecule has 0 aliphatic rings. The fourth-order valence-corrected chi connectivity index (χ4v) is 1.11. The van der Waals surface area contributed by atoms with Crippen LogP contribution in [0.25, 0.3) is 0 Å². The minimum Gasteiger partial charge on any atom is -0.329 e. The maximum Gasteiger partial charge on any atom is 0.211 e. The Hall–Kier alpha value is -1.71. The Morgan fingerprint density at radius 3 is 2.85 bits per heavy atom. The Morgan fingerprint density at radius 2 is 2.31 bits per heavy atom. The molecular weight excluding hydrogens is 168 g/mol. The smallest absolute Gasteiger partial charge is 0.211 e. The number of carbonyl (C=O) groups excluding carboxylic acids is 1. The molecule has 0 saturated carbocycles. The lowest BCUT2D eigenvalue weighted by Crippen LogP contribution is -1.93. The molecule has 0 heterocycles. The molecule has 0 fully saturated rings. The van der Waals surface area contributed by atoms with Crippen LogP contribution in [0.2, 0.25) is 0 Å². The molecule has 1 amide bonds. The molecule has 0 atom stereocenters. The lowest BCUT2D eigenvalue weighted by atomic mass is 10.1. The molecular formula is C9H10N2O2. The molecule has 1 aromatic rings. The van der Waals surface area contributed by atoms with Gasteiger partial charge in [0.2, 0.25) is 6.41 Å². The van der Waals surface area contributed by atoms with E-state index in [9.17, 15) is 9.70 Å². The van der Waals surface area contributed by atoms with Crippen molar-refractivity contribution in [2.45, 2.75) is 13.3 Å². The van der Waals surface area contributed by atoms with Crippen molar-refractivity contribution >= 4 is 17.8 Å². The van der Waals surface area contributed by atoms with E-state index >= 15 is 0 Å². The second-order valence-corrected chi connectivity index (χ2v) is 2.55. The summed E-state index contributed by atoms with van der Waals surface area (Å²) in [5.41, 5.74) is 1.85. The highest BCUT2D eigenvalue weighted by Crippen LogP contribution is 2.23. The maximum atomic E-state index is 10.4. The van der Waals surface area contributed by atoms with Crippen LogP contribution < -0.4 is 5.32 Å². The van der Waals surface area contributed by atoms with E-state index in [2.05, 4.69) is 10.5 Å². The van der Waals surface area contributed by atoms with Crippen molar-refractivity contribution < 1.29 is 4.79 Å². The predicted molar refractivity (Wildman–Crippen MR) is 51.0 cm³/mol. The van der Waals surface area contributed by atoms with Gasteiger partial charge in [0.25, 0.3) is 0 Å². The second kappa shape index (κ2) is 4.35. The van der Waals surface area contributed by atoms with Crippen molar-refractivity contribution in [3.05, 3.63) is 28.7 Å². The van der Waals surface area contributed by atoms with Gasteiger partial charge >= 0.3 is 0 Å². The number of amides is 1. The highest BCUT2D eigenvalue weighted by Gasteiger charge is 2.01. The Labute approximate surface area is 75.9 Å². The standard InChI is InChI=1S/C9H10N2O2/c1-2-7-3-4-8(10-6-12)5-9(7)11-13/h3-6H,2H2,1H3,(H,10,12). The minimum atomic E-state index is 0.384. The van der Waals surface area contributed by atoms with Gasteiger partial charge in [-0.25, -0.2) is 0 Å². The number of rotatable bonds is 4. The number of benzene rings is 1. The second-order valence-electron chi connectivity index (χ2n) is 2.55. The number of carbonyl (C=O) groups is 1. The van der Waals surface area contributed by atoms with Gasteiger partial charge in [-0.1, -0.05) is 13.0 Å². The molecule has 0 spiro atoms. The molecule has 1 aromatic carbocycles. The number of nitrogens with zero attached hydrogens (tertiary/aromatic N) is 1. The van der Waals surface area contributed by atoms with Crippen LogP contribution in [0.15, 0.2) is 23.4 Å². The van der Waals surface area contributed by atoms with Crippen molar-refractivity contribution in [3.63, 3.8) is 0 Å². The molecule has 0 aliphatic heterocycles. The van der Waals surface area contributed by atoms with Gasteiger partial charge < -0.3 is 5.32 Å². The van der Waals surface area contributed by atoms with Gasteiger partial charge in [-0.05, 0) is 29.3 Å². The van der Waals surface area contributed by atoms with E-state index in [-0.39, 0.29) is 0 Å². The van der Waals surface area contributed by atoms with E-state index in [0.29, 0.717) is 17.8 Å². The molecule has 13 heavy (non-hydrogen) atoms. The average molecular weight is 178 g/mol. The fourth-order valence-electron chi connectivity index (χ4n) is 1.11. The molecule has 4 heteroatoms. The van der Waals surface area contributed by atoms with Crippen molar-refractivity contribution in [1.82, 2.24) is 0 Å².